The van der Waals surface area contributed by atoms with Gasteiger partial charge in [0.05, 0.1) is 23.1 Å². The van der Waals surface area contributed by atoms with Gasteiger partial charge >= 0.3 is 18.0 Å². The fraction of sp³-hybridized carbons (Fsp3) is 0.516. The normalized spacial score (nSPS) is 22.0. The van der Waals surface area contributed by atoms with Crippen molar-refractivity contribution in [3.63, 3.8) is 0 Å². The second-order valence-corrected chi connectivity index (χ2v) is 13.1. The fourth-order valence-corrected chi connectivity index (χ4v) is 6.88. The number of halogens is 1. The predicted molar refractivity (Wildman–Crippen MR) is 174 cm³/mol. The first-order valence-corrected chi connectivity index (χ1v) is 15.7. The fourth-order valence-electron chi connectivity index (χ4n) is 6.29. The number of carbonyl (C=O) groups excluding carboxylic acids is 2. The van der Waals surface area contributed by atoms with Gasteiger partial charge in [-0.1, -0.05) is 19.1 Å². The molecule has 0 aliphatic carbocycles. The monoisotopic (exact) mass is 660 g/mol. The van der Waals surface area contributed by atoms with Crippen LogP contribution in [0, 0.1) is 18.2 Å². The van der Waals surface area contributed by atoms with Gasteiger partial charge in [0.1, 0.15) is 11.9 Å². The van der Waals surface area contributed by atoms with Gasteiger partial charge in [-0.15, -0.1) is 11.3 Å². The standard InChI is InChI=1S/C31H39FN6O5S.H2S/c1-6-31-17-36(12-13-38(31)29(42)37(18-31)16-30(4,5)28(40)41)15-22-23(27(39)43-7-2)24(20-9-8-10-21(32)19(20)3)35-25(34-22)26-33-11-14-44-26;/h8-11,14,24H,6-7,12-13,15-18H2,1-5H3,(H,34,35)(H,40,41);1H2/t24-,31-;/m0./s1. The van der Waals surface area contributed by atoms with E-state index in [1.807, 2.05) is 17.2 Å². The maximum absolute atomic E-state index is 14.8. The highest BCUT2D eigenvalue weighted by Gasteiger charge is 2.52. The number of benzene rings is 1. The number of carboxylic acid groups (broad SMARTS) is 1. The van der Waals surface area contributed by atoms with Crippen LogP contribution in [0.5, 0.6) is 0 Å². The molecule has 1 aromatic heterocycles. The molecule has 244 valence electrons. The molecular formula is C31H41FN6O5S2. The molecule has 0 unspecified atom stereocenters. The number of aliphatic carboxylic acids is 1. The Morgan fingerprint density at radius 3 is 2.64 bits per heavy atom. The summed E-state index contributed by atoms with van der Waals surface area (Å²) in [7, 11) is 0. The van der Waals surface area contributed by atoms with Gasteiger partial charge in [-0.25, -0.2) is 19.0 Å². The van der Waals surface area contributed by atoms with E-state index in [2.05, 4.69) is 15.2 Å². The van der Waals surface area contributed by atoms with E-state index in [0.29, 0.717) is 72.4 Å². The van der Waals surface area contributed by atoms with Crippen LogP contribution >= 0.6 is 24.8 Å². The van der Waals surface area contributed by atoms with Crippen LogP contribution in [-0.2, 0) is 14.3 Å². The van der Waals surface area contributed by atoms with Crippen molar-refractivity contribution in [1.29, 1.82) is 0 Å². The van der Waals surface area contributed by atoms with Crippen LogP contribution in [0.1, 0.15) is 56.3 Å². The molecule has 2 amide bonds. The van der Waals surface area contributed by atoms with Crippen molar-refractivity contribution in [2.45, 2.75) is 52.6 Å². The number of amides is 2. The Kier molecular flexibility index (Phi) is 10.3. The van der Waals surface area contributed by atoms with E-state index < -0.39 is 28.9 Å². The van der Waals surface area contributed by atoms with Crippen LogP contribution in [0.25, 0.3) is 0 Å². The number of nitrogens with one attached hydrogen (secondary N) is 1. The highest BCUT2D eigenvalue weighted by Crippen LogP contribution is 2.38. The van der Waals surface area contributed by atoms with Gasteiger partial charge in [-0.3, -0.25) is 14.7 Å². The summed E-state index contributed by atoms with van der Waals surface area (Å²) in [5.41, 5.74) is 0.254. The topological polar surface area (TPSA) is 128 Å². The molecule has 11 nitrogen and oxygen atoms in total. The quantitative estimate of drug-likeness (QED) is 0.367. The first kappa shape index (κ1) is 34.4. The largest absolute Gasteiger partial charge is 0.481 e. The lowest BCUT2D eigenvalue weighted by Crippen LogP contribution is -2.61. The minimum absolute atomic E-state index is 0. The van der Waals surface area contributed by atoms with Crippen LogP contribution in [0.4, 0.5) is 9.18 Å². The van der Waals surface area contributed by atoms with Crippen molar-refractivity contribution in [2.75, 3.05) is 45.9 Å². The number of fused-ring (bicyclic) bond motifs is 1. The number of hydrogen-bond acceptors (Lipinski definition) is 9. The number of ether oxygens (including phenoxy) is 1. The number of esters is 1. The van der Waals surface area contributed by atoms with E-state index in [1.54, 1.807) is 50.9 Å². The molecule has 5 rings (SSSR count). The summed E-state index contributed by atoms with van der Waals surface area (Å²) in [6.45, 7) is 11.2. The lowest BCUT2D eigenvalue weighted by atomic mass is 9.89. The van der Waals surface area contributed by atoms with Gasteiger partial charge < -0.3 is 25.0 Å². The molecule has 3 aliphatic rings. The molecule has 2 aromatic rings. The van der Waals surface area contributed by atoms with Crippen LogP contribution < -0.4 is 5.32 Å². The van der Waals surface area contributed by atoms with E-state index in [-0.39, 0.29) is 38.5 Å². The number of aliphatic imine (C=N–C) groups is 1. The summed E-state index contributed by atoms with van der Waals surface area (Å²) >= 11 is 1.40. The number of nitrogens with zero attached hydrogens (tertiary/aromatic N) is 5. The van der Waals surface area contributed by atoms with Gasteiger partial charge in [0.2, 0.25) is 0 Å². The van der Waals surface area contributed by atoms with Gasteiger partial charge in [0, 0.05) is 56.5 Å². The molecule has 0 saturated carbocycles. The molecule has 3 aliphatic heterocycles. The summed E-state index contributed by atoms with van der Waals surface area (Å²) in [6.07, 6.45) is 2.35. The first-order chi connectivity index (χ1) is 20.9. The Morgan fingerprint density at radius 2 is 2.00 bits per heavy atom. The van der Waals surface area contributed by atoms with E-state index in [9.17, 15) is 23.9 Å². The second-order valence-electron chi connectivity index (χ2n) is 12.2. The molecule has 45 heavy (non-hydrogen) atoms. The Morgan fingerprint density at radius 1 is 1.24 bits per heavy atom. The Balaban J connectivity index is 0.00000461. The molecule has 2 N–H and O–H groups in total. The molecule has 0 spiro atoms. The molecular weight excluding hydrogens is 620 g/mol. The zero-order chi connectivity index (χ0) is 31.8. The third-order valence-electron chi connectivity index (χ3n) is 8.78. The van der Waals surface area contributed by atoms with Crippen molar-refractivity contribution in [1.82, 2.24) is 25.0 Å². The minimum Gasteiger partial charge on any atom is -0.481 e. The highest BCUT2D eigenvalue weighted by molar-refractivity contribution is 7.59. The molecule has 2 saturated heterocycles. The maximum Gasteiger partial charge on any atom is 0.338 e. The van der Waals surface area contributed by atoms with E-state index in [0.717, 1.165) is 0 Å². The zero-order valence-electron chi connectivity index (χ0n) is 26.2. The van der Waals surface area contributed by atoms with Gasteiger partial charge in [0.25, 0.3) is 0 Å². The van der Waals surface area contributed by atoms with Crippen LogP contribution in [-0.4, -0.2) is 100 Å². The van der Waals surface area contributed by atoms with E-state index in [1.165, 1.54) is 17.4 Å². The van der Waals surface area contributed by atoms with E-state index in [4.69, 9.17) is 9.73 Å². The van der Waals surface area contributed by atoms with Crippen molar-refractivity contribution < 1.29 is 28.6 Å². The smallest absolute Gasteiger partial charge is 0.338 e. The average Bonchev–Trinajstić information content (AvgIpc) is 3.61. The van der Waals surface area contributed by atoms with Crippen molar-refractivity contribution in [2.24, 2.45) is 10.4 Å². The Hall–Kier alpha value is -3.49. The second kappa shape index (κ2) is 13.5. The van der Waals surface area contributed by atoms with Crippen molar-refractivity contribution in [3.05, 3.63) is 63.0 Å². The molecule has 14 heteroatoms. The van der Waals surface area contributed by atoms with Crippen molar-refractivity contribution in [3.8, 4) is 0 Å². The maximum atomic E-state index is 14.8. The Labute approximate surface area is 273 Å². The Bertz CT molecular complexity index is 1510. The number of amidine groups is 1. The van der Waals surface area contributed by atoms with Crippen LogP contribution in [0.3, 0.4) is 0 Å². The van der Waals surface area contributed by atoms with E-state index >= 15 is 0 Å². The summed E-state index contributed by atoms with van der Waals surface area (Å²) in [6, 6.07) is 3.80. The van der Waals surface area contributed by atoms with Crippen LogP contribution in [0.15, 0.2) is 46.0 Å². The molecule has 1 aromatic carbocycles. The number of hydrogen-bond donors (Lipinski definition) is 2. The molecule has 0 bridgehead atoms. The third-order valence-corrected chi connectivity index (χ3v) is 9.56. The lowest BCUT2D eigenvalue weighted by molar-refractivity contribution is -0.147. The van der Waals surface area contributed by atoms with Gasteiger partial charge in [-0.05, 0) is 51.3 Å². The number of carbonyl (C=O) groups is 3. The molecule has 4 heterocycles. The number of aromatic nitrogens is 1. The number of thiazole rings is 1. The van der Waals surface area contributed by atoms with Gasteiger partial charge in [0.15, 0.2) is 10.8 Å². The summed E-state index contributed by atoms with van der Waals surface area (Å²) in [5.74, 6) is -1.39. The number of piperazine rings is 1. The molecule has 0 radical (unpaired) electrons. The van der Waals surface area contributed by atoms with Crippen LogP contribution in [0.2, 0.25) is 0 Å². The third kappa shape index (κ3) is 6.59. The highest BCUT2D eigenvalue weighted by atomic mass is 32.1. The van der Waals surface area contributed by atoms with Crippen molar-refractivity contribution >= 4 is 48.6 Å². The minimum atomic E-state index is -1.08. The SMILES string of the molecule is CCOC(=O)C1=C(CN2CCN3C(=O)N(CC(C)(C)C(=O)O)C[C@]3(CC)C2)NC(c2nccs2)=N[C@H]1c1cccc(F)c1C.S. The summed E-state index contributed by atoms with van der Waals surface area (Å²) in [5, 5.41) is 15.5. The lowest BCUT2D eigenvalue weighted by Gasteiger charge is -2.46. The first-order valence-electron chi connectivity index (χ1n) is 14.8. The van der Waals surface area contributed by atoms with Gasteiger partial charge in [-0.2, -0.15) is 13.5 Å². The number of urea groups is 1. The molecule has 2 fully saturated rings. The average molecular weight is 661 g/mol. The molecule has 2 atom stereocenters. The summed E-state index contributed by atoms with van der Waals surface area (Å²) in [4.78, 5) is 53.9. The zero-order valence-corrected chi connectivity index (χ0v) is 28.0. The number of rotatable bonds is 10. The summed E-state index contributed by atoms with van der Waals surface area (Å²) < 4.78 is 20.3. The number of carboxylic acids is 1. The predicted octanol–water partition coefficient (Wildman–Crippen LogP) is 3.92.